The second kappa shape index (κ2) is 4.72. The monoisotopic (exact) mass is 284 g/mol. The van der Waals surface area contributed by atoms with Gasteiger partial charge in [-0.1, -0.05) is 11.8 Å². The van der Waals surface area contributed by atoms with E-state index in [1.165, 1.54) is 17.8 Å². The third-order valence-corrected chi connectivity index (χ3v) is 3.07. The van der Waals surface area contributed by atoms with Crippen LogP contribution in [0, 0.1) is 5.82 Å². The normalized spacial score (nSPS) is 10.3. The Labute approximate surface area is 99.1 Å². The molecule has 2 rings (SSSR count). The molecule has 0 radical (unpaired) electrons. The van der Waals surface area contributed by atoms with Crippen molar-refractivity contribution in [2.45, 2.75) is 9.92 Å². The van der Waals surface area contributed by atoms with Gasteiger partial charge in [0.2, 0.25) is 0 Å². The number of pyridine rings is 2. The van der Waals surface area contributed by atoms with Crippen LogP contribution in [-0.2, 0) is 0 Å². The van der Waals surface area contributed by atoms with Crippen molar-refractivity contribution >= 4 is 27.7 Å². The molecule has 2 heterocycles. The van der Waals surface area contributed by atoms with Crippen LogP contribution in [0.1, 0.15) is 0 Å². The van der Waals surface area contributed by atoms with Gasteiger partial charge in [0.1, 0.15) is 5.03 Å². The Hall–Kier alpha value is -0.940. The molecule has 0 bridgehead atoms. The molecule has 0 N–H and O–H groups in total. The second-order valence-corrected chi connectivity index (χ2v) is 4.70. The number of nitrogens with zero attached hydrogens (tertiary/aromatic N) is 2. The molecule has 2 aromatic heterocycles. The van der Waals surface area contributed by atoms with Crippen molar-refractivity contribution in [2.75, 3.05) is 0 Å². The van der Waals surface area contributed by atoms with Crippen molar-refractivity contribution in [1.82, 2.24) is 9.97 Å². The molecule has 2 aromatic rings. The maximum atomic E-state index is 13.4. The Morgan fingerprint density at radius 1 is 1.27 bits per heavy atom. The Morgan fingerprint density at radius 3 is 2.67 bits per heavy atom. The summed E-state index contributed by atoms with van der Waals surface area (Å²) in [4.78, 5) is 8.80. The van der Waals surface area contributed by atoms with E-state index in [9.17, 15) is 4.39 Å². The fourth-order valence-electron chi connectivity index (χ4n) is 0.995. The molecule has 0 atom stereocenters. The quantitative estimate of drug-likeness (QED) is 0.844. The Kier molecular flexibility index (Phi) is 3.33. The fraction of sp³-hybridized carbons (Fsp3) is 0. The van der Waals surface area contributed by atoms with E-state index >= 15 is 0 Å². The minimum absolute atomic E-state index is 0.328. The highest BCUT2D eigenvalue weighted by Gasteiger charge is 2.05. The van der Waals surface area contributed by atoms with Crippen LogP contribution in [0.25, 0.3) is 0 Å². The van der Waals surface area contributed by atoms with Crippen LogP contribution >= 0.6 is 27.7 Å². The topological polar surface area (TPSA) is 25.8 Å². The highest BCUT2D eigenvalue weighted by atomic mass is 79.9. The molecular weight excluding hydrogens is 279 g/mol. The summed E-state index contributed by atoms with van der Waals surface area (Å²) in [5.41, 5.74) is 0. The summed E-state index contributed by atoms with van der Waals surface area (Å²) in [5, 5.41) is 0.365. The first-order valence-electron chi connectivity index (χ1n) is 4.14. The number of rotatable bonds is 2. The molecule has 0 amide bonds. The maximum Gasteiger partial charge on any atom is 0.156 e. The van der Waals surface area contributed by atoms with Gasteiger partial charge in [0, 0.05) is 28.0 Å². The van der Waals surface area contributed by atoms with Gasteiger partial charge in [0.25, 0.3) is 0 Å². The SMILES string of the molecule is Fc1cc(Br)cnc1Sc1ccncc1. The van der Waals surface area contributed by atoms with Gasteiger partial charge in [0.15, 0.2) is 5.82 Å². The lowest BCUT2D eigenvalue weighted by Gasteiger charge is -2.01. The number of aromatic nitrogens is 2. The van der Waals surface area contributed by atoms with Crippen LogP contribution in [0.3, 0.4) is 0 Å². The van der Waals surface area contributed by atoms with Gasteiger partial charge in [-0.2, -0.15) is 0 Å². The smallest absolute Gasteiger partial charge is 0.156 e. The lowest BCUT2D eigenvalue weighted by molar-refractivity contribution is 0.586. The highest BCUT2D eigenvalue weighted by molar-refractivity contribution is 9.10. The van der Waals surface area contributed by atoms with Gasteiger partial charge >= 0.3 is 0 Å². The third-order valence-electron chi connectivity index (χ3n) is 1.64. The molecule has 0 unspecified atom stereocenters. The standard InChI is InChI=1S/C10H6BrFN2S/c11-7-5-9(12)10(14-6-7)15-8-1-3-13-4-2-8/h1-6H. The molecule has 5 heteroatoms. The molecule has 0 aliphatic carbocycles. The van der Waals surface area contributed by atoms with E-state index in [0.29, 0.717) is 9.50 Å². The van der Waals surface area contributed by atoms with Gasteiger partial charge in [-0.25, -0.2) is 9.37 Å². The fourth-order valence-corrected chi connectivity index (χ4v) is 2.04. The Balaban J connectivity index is 2.25. The molecule has 76 valence electrons. The van der Waals surface area contributed by atoms with Gasteiger partial charge in [-0.3, -0.25) is 4.98 Å². The molecule has 2 nitrogen and oxygen atoms in total. The van der Waals surface area contributed by atoms with E-state index in [2.05, 4.69) is 25.9 Å². The minimum atomic E-state index is -0.328. The first kappa shape index (κ1) is 10.6. The largest absolute Gasteiger partial charge is 0.265 e. The van der Waals surface area contributed by atoms with E-state index in [1.807, 2.05) is 12.1 Å². The average molecular weight is 285 g/mol. The summed E-state index contributed by atoms with van der Waals surface area (Å²) in [7, 11) is 0. The van der Waals surface area contributed by atoms with Crippen LogP contribution in [0.15, 0.2) is 51.2 Å². The Bertz CT molecular complexity index is 464. The van der Waals surface area contributed by atoms with Gasteiger partial charge in [0.05, 0.1) is 0 Å². The summed E-state index contributed by atoms with van der Waals surface area (Å²) < 4.78 is 14.0. The van der Waals surface area contributed by atoms with Crippen LogP contribution in [0.4, 0.5) is 4.39 Å². The molecule has 15 heavy (non-hydrogen) atoms. The summed E-state index contributed by atoms with van der Waals surface area (Å²) in [5.74, 6) is -0.328. The van der Waals surface area contributed by atoms with Crippen LogP contribution in [-0.4, -0.2) is 9.97 Å². The summed E-state index contributed by atoms with van der Waals surface area (Å²) in [6.45, 7) is 0. The molecule has 0 saturated heterocycles. The second-order valence-electron chi connectivity index (χ2n) is 2.73. The molecule has 0 spiro atoms. The average Bonchev–Trinajstić information content (AvgIpc) is 2.24. The minimum Gasteiger partial charge on any atom is -0.265 e. The lowest BCUT2D eigenvalue weighted by Crippen LogP contribution is -1.86. The van der Waals surface area contributed by atoms with E-state index in [1.54, 1.807) is 18.6 Å². The van der Waals surface area contributed by atoms with Gasteiger partial charge < -0.3 is 0 Å². The number of hydrogen-bond acceptors (Lipinski definition) is 3. The van der Waals surface area contributed by atoms with Crippen molar-refractivity contribution in [2.24, 2.45) is 0 Å². The molecule has 0 fully saturated rings. The predicted molar refractivity (Wildman–Crippen MR) is 60.3 cm³/mol. The molecule has 0 aliphatic heterocycles. The Morgan fingerprint density at radius 2 is 2.00 bits per heavy atom. The third kappa shape index (κ3) is 2.76. The molecule has 0 aromatic carbocycles. The van der Waals surface area contributed by atoms with Crippen LogP contribution < -0.4 is 0 Å². The first-order chi connectivity index (χ1) is 7.25. The zero-order chi connectivity index (χ0) is 10.7. The van der Waals surface area contributed by atoms with Gasteiger partial charge in [-0.05, 0) is 34.1 Å². The van der Waals surface area contributed by atoms with E-state index in [4.69, 9.17) is 0 Å². The predicted octanol–water partition coefficient (Wildman–Crippen LogP) is 3.53. The van der Waals surface area contributed by atoms with Crippen molar-refractivity contribution < 1.29 is 4.39 Å². The molecular formula is C10H6BrFN2S. The molecule has 0 aliphatic rings. The van der Waals surface area contributed by atoms with Crippen molar-refractivity contribution in [3.05, 3.63) is 47.1 Å². The summed E-state index contributed by atoms with van der Waals surface area (Å²) in [6, 6.07) is 5.03. The van der Waals surface area contributed by atoms with E-state index < -0.39 is 0 Å². The van der Waals surface area contributed by atoms with Crippen LogP contribution in [0.2, 0.25) is 0 Å². The number of halogens is 2. The van der Waals surface area contributed by atoms with Gasteiger partial charge in [-0.15, -0.1) is 0 Å². The molecule has 0 saturated carbocycles. The first-order valence-corrected chi connectivity index (χ1v) is 5.75. The van der Waals surface area contributed by atoms with Crippen LogP contribution in [0.5, 0.6) is 0 Å². The van der Waals surface area contributed by atoms with E-state index in [-0.39, 0.29) is 5.82 Å². The zero-order valence-electron chi connectivity index (χ0n) is 7.52. The highest BCUT2D eigenvalue weighted by Crippen LogP contribution is 2.28. The van der Waals surface area contributed by atoms with Crippen molar-refractivity contribution in [3.8, 4) is 0 Å². The summed E-state index contributed by atoms with van der Waals surface area (Å²) >= 11 is 4.44. The summed E-state index contributed by atoms with van der Waals surface area (Å²) in [6.07, 6.45) is 4.91. The maximum absolute atomic E-state index is 13.4. The van der Waals surface area contributed by atoms with Crippen molar-refractivity contribution in [3.63, 3.8) is 0 Å². The van der Waals surface area contributed by atoms with Crippen molar-refractivity contribution in [1.29, 1.82) is 0 Å². The number of hydrogen-bond donors (Lipinski definition) is 0. The van der Waals surface area contributed by atoms with E-state index in [0.717, 1.165) is 4.90 Å². The zero-order valence-corrected chi connectivity index (χ0v) is 9.93. The lowest BCUT2D eigenvalue weighted by atomic mass is 10.5.